The van der Waals surface area contributed by atoms with Gasteiger partial charge in [-0.15, -0.1) is 11.6 Å². The van der Waals surface area contributed by atoms with Gasteiger partial charge in [0.2, 0.25) is 10.0 Å². The molecule has 6 heteroatoms. The van der Waals surface area contributed by atoms with Crippen molar-refractivity contribution in [3.63, 3.8) is 0 Å². The topological polar surface area (TPSA) is 59.1 Å². The standard InChI is InChI=1S/C11H17ClN2O2S/c1-10-8-13-6-4-11(10)9-14-17(15,16)7-3-2-5-12/h4,6,8,14H,2-3,5,7,9H2,1H3. The second kappa shape index (κ2) is 6.93. The summed E-state index contributed by atoms with van der Waals surface area (Å²) in [6.07, 6.45) is 4.69. The molecule has 0 atom stereocenters. The van der Waals surface area contributed by atoms with Gasteiger partial charge in [-0.2, -0.15) is 0 Å². The van der Waals surface area contributed by atoms with Gasteiger partial charge in [-0.05, 0) is 37.0 Å². The quantitative estimate of drug-likeness (QED) is 0.611. The molecule has 0 radical (unpaired) electrons. The van der Waals surface area contributed by atoms with Gasteiger partial charge in [-0.3, -0.25) is 4.98 Å². The number of nitrogens with one attached hydrogen (secondary N) is 1. The van der Waals surface area contributed by atoms with E-state index < -0.39 is 10.0 Å². The summed E-state index contributed by atoms with van der Waals surface area (Å²) in [5.74, 6) is 0.628. The van der Waals surface area contributed by atoms with E-state index in [1.54, 1.807) is 12.4 Å². The van der Waals surface area contributed by atoms with Crippen LogP contribution in [0.3, 0.4) is 0 Å². The molecule has 0 aromatic carbocycles. The molecule has 17 heavy (non-hydrogen) atoms. The number of rotatable bonds is 7. The van der Waals surface area contributed by atoms with Crippen molar-refractivity contribution >= 4 is 21.6 Å². The maximum absolute atomic E-state index is 11.6. The summed E-state index contributed by atoms with van der Waals surface area (Å²) in [5, 5.41) is 0. The minimum Gasteiger partial charge on any atom is -0.264 e. The van der Waals surface area contributed by atoms with Crippen LogP contribution in [0.4, 0.5) is 0 Å². The van der Waals surface area contributed by atoms with Crippen LogP contribution in [0.2, 0.25) is 0 Å². The number of hydrogen-bond donors (Lipinski definition) is 1. The Morgan fingerprint density at radius 2 is 2.18 bits per heavy atom. The van der Waals surface area contributed by atoms with Gasteiger partial charge in [0.15, 0.2) is 0 Å². The molecule has 0 unspecified atom stereocenters. The molecule has 0 aliphatic heterocycles. The first-order valence-corrected chi connectivity index (χ1v) is 7.66. The fourth-order valence-electron chi connectivity index (χ4n) is 1.35. The van der Waals surface area contributed by atoms with Crippen molar-refractivity contribution in [3.8, 4) is 0 Å². The molecule has 1 heterocycles. The number of pyridine rings is 1. The maximum Gasteiger partial charge on any atom is 0.211 e. The van der Waals surface area contributed by atoms with E-state index in [0.717, 1.165) is 17.5 Å². The van der Waals surface area contributed by atoms with Crippen molar-refractivity contribution in [3.05, 3.63) is 29.6 Å². The molecule has 1 aromatic heterocycles. The van der Waals surface area contributed by atoms with E-state index in [1.165, 1.54) is 0 Å². The van der Waals surface area contributed by atoms with Crippen molar-refractivity contribution in [1.29, 1.82) is 0 Å². The van der Waals surface area contributed by atoms with Gasteiger partial charge in [-0.25, -0.2) is 13.1 Å². The first-order valence-electron chi connectivity index (χ1n) is 5.48. The fraction of sp³-hybridized carbons (Fsp3) is 0.545. The third kappa shape index (κ3) is 5.48. The first kappa shape index (κ1) is 14.4. The molecular formula is C11H17ClN2O2S. The summed E-state index contributed by atoms with van der Waals surface area (Å²) in [5.41, 5.74) is 1.93. The van der Waals surface area contributed by atoms with Crippen LogP contribution in [0.15, 0.2) is 18.5 Å². The van der Waals surface area contributed by atoms with Crippen LogP contribution in [0.25, 0.3) is 0 Å². The smallest absolute Gasteiger partial charge is 0.211 e. The second-order valence-electron chi connectivity index (χ2n) is 3.84. The van der Waals surface area contributed by atoms with Crippen LogP contribution in [-0.4, -0.2) is 25.0 Å². The zero-order chi connectivity index (χ0) is 12.7. The molecule has 0 fully saturated rings. The zero-order valence-corrected chi connectivity index (χ0v) is 11.4. The van der Waals surface area contributed by atoms with E-state index in [-0.39, 0.29) is 5.75 Å². The third-order valence-corrected chi connectivity index (χ3v) is 4.09. The highest BCUT2D eigenvalue weighted by Gasteiger charge is 2.09. The number of nitrogens with zero attached hydrogens (tertiary/aromatic N) is 1. The number of unbranched alkanes of at least 4 members (excludes halogenated alkanes) is 1. The molecule has 0 bridgehead atoms. The van der Waals surface area contributed by atoms with E-state index in [1.807, 2.05) is 13.0 Å². The molecule has 0 spiro atoms. The first-order chi connectivity index (χ1) is 8.05. The molecule has 0 aliphatic rings. The molecule has 0 amide bonds. The lowest BCUT2D eigenvalue weighted by molar-refractivity contribution is 0.578. The minimum atomic E-state index is -3.20. The molecular weight excluding hydrogens is 260 g/mol. The lowest BCUT2D eigenvalue weighted by atomic mass is 10.2. The predicted octanol–water partition coefficient (Wildman–Crippen LogP) is 1.83. The van der Waals surface area contributed by atoms with Gasteiger partial charge in [0.25, 0.3) is 0 Å². The van der Waals surface area contributed by atoms with E-state index in [2.05, 4.69) is 9.71 Å². The average molecular weight is 277 g/mol. The number of aryl methyl sites for hydroxylation is 1. The lowest BCUT2D eigenvalue weighted by Gasteiger charge is -2.08. The highest BCUT2D eigenvalue weighted by atomic mass is 35.5. The molecule has 1 N–H and O–H groups in total. The largest absolute Gasteiger partial charge is 0.264 e. The minimum absolute atomic E-state index is 0.129. The van der Waals surface area contributed by atoms with Crippen molar-refractivity contribution < 1.29 is 8.42 Å². The van der Waals surface area contributed by atoms with Crippen molar-refractivity contribution in [1.82, 2.24) is 9.71 Å². The summed E-state index contributed by atoms with van der Waals surface area (Å²) in [4.78, 5) is 3.96. The summed E-state index contributed by atoms with van der Waals surface area (Å²) >= 11 is 5.50. The summed E-state index contributed by atoms with van der Waals surface area (Å²) in [7, 11) is -3.20. The Kier molecular flexibility index (Phi) is 5.88. The van der Waals surface area contributed by atoms with Gasteiger partial charge in [0.05, 0.1) is 5.75 Å². The average Bonchev–Trinajstić information content (AvgIpc) is 2.28. The van der Waals surface area contributed by atoms with E-state index in [9.17, 15) is 8.42 Å². The van der Waals surface area contributed by atoms with E-state index >= 15 is 0 Å². The van der Waals surface area contributed by atoms with Crippen LogP contribution < -0.4 is 4.72 Å². The summed E-state index contributed by atoms with van der Waals surface area (Å²) in [6, 6.07) is 1.82. The molecule has 1 rings (SSSR count). The Balaban J connectivity index is 2.47. The molecule has 96 valence electrons. The summed E-state index contributed by atoms with van der Waals surface area (Å²) < 4.78 is 25.8. The highest BCUT2D eigenvalue weighted by Crippen LogP contribution is 2.05. The zero-order valence-electron chi connectivity index (χ0n) is 9.82. The van der Waals surface area contributed by atoms with Gasteiger partial charge in [0.1, 0.15) is 0 Å². The van der Waals surface area contributed by atoms with Crippen LogP contribution in [0.1, 0.15) is 24.0 Å². The van der Waals surface area contributed by atoms with Gasteiger partial charge >= 0.3 is 0 Å². The van der Waals surface area contributed by atoms with Crippen LogP contribution in [0, 0.1) is 6.92 Å². The molecule has 4 nitrogen and oxygen atoms in total. The number of aromatic nitrogens is 1. The highest BCUT2D eigenvalue weighted by molar-refractivity contribution is 7.89. The van der Waals surface area contributed by atoms with Crippen molar-refractivity contribution in [2.45, 2.75) is 26.3 Å². The predicted molar refractivity (Wildman–Crippen MR) is 69.6 cm³/mol. The van der Waals surface area contributed by atoms with Gasteiger partial charge < -0.3 is 0 Å². The Labute approximate surface area is 107 Å². The van der Waals surface area contributed by atoms with Gasteiger partial charge in [-0.1, -0.05) is 0 Å². The van der Waals surface area contributed by atoms with Crippen molar-refractivity contribution in [2.75, 3.05) is 11.6 Å². The SMILES string of the molecule is Cc1cnccc1CNS(=O)(=O)CCCCCl. The van der Waals surface area contributed by atoms with E-state index in [0.29, 0.717) is 18.8 Å². The normalized spacial score (nSPS) is 11.6. The number of halogens is 1. The fourth-order valence-corrected chi connectivity index (χ4v) is 2.64. The van der Waals surface area contributed by atoms with Crippen LogP contribution in [0.5, 0.6) is 0 Å². The third-order valence-electron chi connectivity index (χ3n) is 2.42. The summed E-state index contributed by atoms with van der Waals surface area (Å²) in [6.45, 7) is 2.22. The van der Waals surface area contributed by atoms with Crippen molar-refractivity contribution in [2.24, 2.45) is 0 Å². The van der Waals surface area contributed by atoms with Crippen LogP contribution >= 0.6 is 11.6 Å². The number of hydrogen-bond acceptors (Lipinski definition) is 3. The monoisotopic (exact) mass is 276 g/mol. The molecule has 0 aliphatic carbocycles. The molecule has 0 saturated heterocycles. The second-order valence-corrected chi connectivity index (χ2v) is 6.14. The lowest BCUT2D eigenvalue weighted by Crippen LogP contribution is -2.26. The van der Waals surface area contributed by atoms with Gasteiger partial charge in [0, 0.05) is 24.8 Å². The Morgan fingerprint density at radius 3 is 2.82 bits per heavy atom. The Bertz CT molecular complexity index is 449. The molecule has 1 aromatic rings. The van der Waals surface area contributed by atoms with Crippen LogP contribution in [-0.2, 0) is 16.6 Å². The number of alkyl halides is 1. The Morgan fingerprint density at radius 1 is 1.41 bits per heavy atom. The molecule has 0 saturated carbocycles. The van der Waals surface area contributed by atoms with E-state index in [4.69, 9.17) is 11.6 Å². The number of sulfonamides is 1. The maximum atomic E-state index is 11.6. The Hall–Kier alpha value is -0.650.